The van der Waals surface area contributed by atoms with E-state index < -0.39 is 16.1 Å². The quantitative estimate of drug-likeness (QED) is 0.210. The number of nitrogens with zero attached hydrogens (tertiary/aromatic N) is 4. The van der Waals surface area contributed by atoms with Gasteiger partial charge in [-0.15, -0.1) is 0 Å². The zero-order valence-corrected chi connectivity index (χ0v) is 32.2. The summed E-state index contributed by atoms with van der Waals surface area (Å²) in [4.78, 5) is 33.9. The lowest BCUT2D eigenvalue weighted by atomic mass is 9.81. The molecule has 0 bridgehead atoms. The Balaban J connectivity index is 1.37. The largest absolute Gasteiger partial charge is 0.497 e. The lowest BCUT2D eigenvalue weighted by molar-refractivity contribution is -0.0379. The van der Waals surface area contributed by atoms with E-state index in [1.165, 1.54) is 32.5 Å². The lowest BCUT2D eigenvalue weighted by Crippen LogP contribution is -2.47. The summed E-state index contributed by atoms with van der Waals surface area (Å²) >= 11 is 0. The fourth-order valence-electron chi connectivity index (χ4n) is 8.07. The van der Waals surface area contributed by atoms with E-state index >= 15 is 0 Å². The molecule has 2 amide bonds. The maximum absolute atomic E-state index is 14.2. The second-order valence-corrected chi connectivity index (χ2v) is 17.7. The first-order valence-corrected chi connectivity index (χ1v) is 19.8. The molecule has 3 aliphatic rings. The number of hydrogen-bond donors (Lipinski definition) is 1. The number of fused-ring (bicyclic) bond motifs is 5. The van der Waals surface area contributed by atoms with Crippen LogP contribution in [-0.4, -0.2) is 86.0 Å². The minimum absolute atomic E-state index is 0.0459. The third-order valence-electron chi connectivity index (χ3n) is 10.6. The number of amides is 2. The van der Waals surface area contributed by atoms with Gasteiger partial charge in [-0.1, -0.05) is 46.1 Å². The van der Waals surface area contributed by atoms with Crippen molar-refractivity contribution in [2.75, 3.05) is 40.9 Å². The van der Waals surface area contributed by atoms with E-state index in [1.54, 1.807) is 24.1 Å². The fourth-order valence-corrected chi connectivity index (χ4v) is 8.61. The van der Waals surface area contributed by atoms with Gasteiger partial charge in [0.1, 0.15) is 5.75 Å². The number of morpholine rings is 1. The van der Waals surface area contributed by atoms with Crippen LogP contribution in [0, 0.1) is 5.41 Å². The first kappa shape index (κ1) is 36.9. The molecular formula is C40H49N5O7S. The Kier molecular flexibility index (Phi) is 10.0. The number of nitrogens with one attached hydrogen (secondary N) is 1. The SMILES string of the molecule is COc1ccc2c(c1)C=C(c1ocnc1C(=O)N1CCOC(CC(C)(C)C)C1)Cn1c-2c(C2CCCCC2)c2ccc(C(=O)NS(=O)(=O)N(C)C)cc21. The normalized spacial score (nSPS) is 18.4. The van der Waals surface area contributed by atoms with Gasteiger partial charge in [-0.2, -0.15) is 12.7 Å². The third kappa shape index (κ3) is 7.39. The number of oxazole rings is 1. The Labute approximate surface area is 311 Å². The van der Waals surface area contributed by atoms with Gasteiger partial charge in [-0.3, -0.25) is 9.59 Å². The van der Waals surface area contributed by atoms with E-state index in [0.29, 0.717) is 37.8 Å². The predicted octanol–water partition coefficient (Wildman–Crippen LogP) is 6.72. The van der Waals surface area contributed by atoms with Crippen molar-refractivity contribution in [3.8, 4) is 17.0 Å². The van der Waals surface area contributed by atoms with Crippen LogP contribution < -0.4 is 9.46 Å². The summed E-state index contributed by atoms with van der Waals surface area (Å²) in [6.45, 7) is 8.17. The van der Waals surface area contributed by atoms with Gasteiger partial charge >= 0.3 is 10.2 Å². The molecule has 4 heterocycles. The molecule has 7 rings (SSSR count). The van der Waals surface area contributed by atoms with Crippen molar-refractivity contribution in [1.29, 1.82) is 0 Å². The number of benzene rings is 2. The molecule has 0 radical (unpaired) electrons. The van der Waals surface area contributed by atoms with Gasteiger partial charge in [0.05, 0.1) is 32.1 Å². The van der Waals surface area contributed by atoms with Gasteiger partial charge in [0.25, 0.3) is 11.8 Å². The van der Waals surface area contributed by atoms with Gasteiger partial charge in [0.15, 0.2) is 17.8 Å². The summed E-state index contributed by atoms with van der Waals surface area (Å²) in [7, 11) is 0.365. The maximum Gasteiger partial charge on any atom is 0.303 e. The summed E-state index contributed by atoms with van der Waals surface area (Å²) in [5.41, 5.74) is 6.15. The van der Waals surface area contributed by atoms with Gasteiger partial charge < -0.3 is 23.4 Å². The fraction of sp³-hybridized carbons (Fsp3) is 0.475. The van der Waals surface area contributed by atoms with E-state index in [0.717, 1.165) is 69.7 Å². The number of aromatic nitrogens is 2. The first-order valence-electron chi connectivity index (χ1n) is 18.4. The van der Waals surface area contributed by atoms with Crippen LogP contribution in [0.3, 0.4) is 0 Å². The van der Waals surface area contributed by atoms with Crippen LogP contribution in [0.25, 0.3) is 33.8 Å². The molecule has 0 spiro atoms. The molecule has 1 saturated carbocycles. The number of hydrogen-bond acceptors (Lipinski definition) is 8. The van der Waals surface area contributed by atoms with Crippen molar-refractivity contribution in [3.63, 3.8) is 0 Å². The molecular weight excluding hydrogens is 695 g/mol. The highest BCUT2D eigenvalue weighted by Crippen LogP contribution is 2.48. The molecule has 1 aliphatic carbocycles. The highest BCUT2D eigenvalue weighted by atomic mass is 32.2. The minimum atomic E-state index is -4.01. The molecule has 282 valence electrons. The van der Waals surface area contributed by atoms with Crippen molar-refractivity contribution in [1.82, 2.24) is 23.5 Å². The van der Waals surface area contributed by atoms with Gasteiger partial charge in [0, 0.05) is 54.8 Å². The molecule has 1 saturated heterocycles. The molecule has 1 atom stereocenters. The molecule has 1 unspecified atom stereocenters. The van der Waals surface area contributed by atoms with Crippen LogP contribution in [-0.2, 0) is 21.5 Å². The Morgan fingerprint density at radius 3 is 2.57 bits per heavy atom. The number of methoxy groups -OCH3 is 1. The van der Waals surface area contributed by atoms with Gasteiger partial charge in [-0.05, 0) is 78.1 Å². The molecule has 53 heavy (non-hydrogen) atoms. The van der Waals surface area contributed by atoms with Crippen LogP contribution in [0.2, 0.25) is 0 Å². The molecule has 1 N–H and O–H groups in total. The van der Waals surface area contributed by atoms with Crippen molar-refractivity contribution in [2.45, 2.75) is 77.9 Å². The highest BCUT2D eigenvalue weighted by molar-refractivity contribution is 7.87. The van der Waals surface area contributed by atoms with E-state index in [4.69, 9.17) is 13.9 Å². The highest BCUT2D eigenvalue weighted by Gasteiger charge is 2.34. The predicted molar refractivity (Wildman–Crippen MR) is 204 cm³/mol. The van der Waals surface area contributed by atoms with Crippen molar-refractivity contribution in [2.24, 2.45) is 5.41 Å². The molecule has 4 aromatic rings. The van der Waals surface area contributed by atoms with Crippen molar-refractivity contribution < 1.29 is 31.9 Å². The second kappa shape index (κ2) is 14.4. The number of ether oxygens (including phenoxy) is 2. The van der Waals surface area contributed by atoms with E-state index in [2.05, 4.69) is 41.1 Å². The van der Waals surface area contributed by atoms with Crippen molar-refractivity contribution in [3.05, 3.63) is 70.9 Å². The van der Waals surface area contributed by atoms with E-state index in [9.17, 15) is 18.0 Å². The molecule has 2 aromatic carbocycles. The summed E-state index contributed by atoms with van der Waals surface area (Å²) in [5.74, 6) is 0.424. The maximum atomic E-state index is 14.2. The topological polar surface area (TPSA) is 136 Å². The van der Waals surface area contributed by atoms with Crippen LogP contribution >= 0.6 is 0 Å². The van der Waals surface area contributed by atoms with Crippen LogP contribution in [0.1, 0.15) is 103 Å². The van der Waals surface area contributed by atoms with Gasteiger partial charge in [-0.25, -0.2) is 9.71 Å². The van der Waals surface area contributed by atoms with E-state index in [-0.39, 0.29) is 34.6 Å². The van der Waals surface area contributed by atoms with Crippen LogP contribution in [0.15, 0.2) is 47.2 Å². The Morgan fingerprint density at radius 1 is 1.08 bits per heavy atom. The average Bonchev–Trinajstić information content (AvgIpc) is 3.69. The number of allylic oxidation sites excluding steroid dienone is 1. The average molecular weight is 744 g/mol. The Hall–Kier alpha value is -4.46. The summed E-state index contributed by atoms with van der Waals surface area (Å²) < 4.78 is 48.4. The summed E-state index contributed by atoms with van der Waals surface area (Å²) in [6, 6.07) is 11.4. The third-order valence-corrected chi connectivity index (χ3v) is 12.0. The Morgan fingerprint density at radius 2 is 1.85 bits per heavy atom. The van der Waals surface area contributed by atoms with Crippen LogP contribution in [0.5, 0.6) is 5.75 Å². The van der Waals surface area contributed by atoms with Gasteiger partial charge in [0.2, 0.25) is 0 Å². The van der Waals surface area contributed by atoms with Crippen molar-refractivity contribution >= 4 is 44.6 Å². The smallest absolute Gasteiger partial charge is 0.303 e. The first-order chi connectivity index (χ1) is 25.2. The molecule has 13 heteroatoms. The molecule has 2 fully saturated rings. The Bertz CT molecular complexity index is 2190. The number of rotatable bonds is 8. The zero-order valence-electron chi connectivity index (χ0n) is 31.4. The number of carbonyl (C=O) groups excluding carboxylic acids is 2. The summed E-state index contributed by atoms with van der Waals surface area (Å²) in [6.07, 6.45) is 9.63. The van der Waals surface area contributed by atoms with E-state index in [1.807, 2.05) is 24.3 Å². The molecule has 12 nitrogen and oxygen atoms in total. The summed E-state index contributed by atoms with van der Waals surface area (Å²) in [5, 5.41) is 1.01. The second-order valence-electron chi connectivity index (χ2n) is 15.8. The molecule has 2 aliphatic heterocycles. The molecule has 2 aromatic heterocycles. The monoisotopic (exact) mass is 743 g/mol. The zero-order chi connectivity index (χ0) is 37.7. The minimum Gasteiger partial charge on any atom is -0.497 e. The standard InChI is InChI=1S/C40H49N5O7S/c1-40(2,3)21-30-23-44(16-17-51-30)39(47)35-37(52-24-41-35)28-18-27-19-29(50-6)13-15-31(27)36-34(25-10-8-7-9-11-25)32-14-12-26(20-33(32)45(36)22-28)38(46)42-53(48,49)43(4)5/h12-15,18-20,24-25,30H,7-11,16-17,21-23H2,1-6H3,(H,42,46). The lowest BCUT2D eigenvalue weighted by Gasteiger charge is -2.35. The number of carbonyl (C=O) groups is 2. The van der Waals surface area contributed by atoms with Crippen LogP contribution in [0.4, 0.5) is 0 Å².